The molecule has 2 unspecified atom stereocenters. The van der Waals surface area contributed by atoms with E-state index in [1.807, 2.05) is 6.07 Å². The first-order chi connectivity index (χ1) is 21.2. The van der Waals surface area contributed by atoms with Crippen LogP contribution in [0.1, 0.15) is 77.1 Å². The number of halogens is 2. The van der Waals surface area contributed by atoms with E-state index >= 15 is 0 Å². The fraction of sp³-hybridized carbons (Fsp3) is 0.576. The number of ketones is 1. The number of hydrogen-bond donors (Lipinski definition) is 3. The van der Waals surface area contributed by atoms with Crippen LogP contribution in [0.15, 0.2) is 36.5 Å². The van der Waals surface area contributed by atoms with Crippen molar-refractivity contribution >= 4 is 40.3 Å². The summed E-state index contributed by atoms with van der Waals surface area (Å²) in [5.74, 6) is -4.16. The number of aromatic nitrogens is 1. The van der Waals surface area contributed by atoms with Gasteiger partial charge >= 0.3 is 0 Å². The second kappa shape index (κ2) is 14.0. The molecule has 10 nitrogen and oxygen atoms in total. The Morgan fingerprint density at radius 2 is 1.73 bits per heavy atom. The van der Waals surface area contributed by atoms with Crippen molar-refractivity contribution in [2.24, 2.45) is 17.3 Å². The maximum absolute atomic E-state index is 14.3. The maximum atomic E-state index is 14.3. The van der Waals surface area contributed by atoms with Gasteiger partial charge in [0, 0.05) is 30.6 Å². The molecule has 1 saturated heterocycles. The standard InChI is InChI=1S/C33H43F2N5O5/c1-6-18(2)37-31(44)27(41)24(16-25(34)35)38-30(43)26-20-12-9-10-19(20)17-40(26)32(45)28(33(3,4)5)39-29(42)22-14-15-36-23-13-8-7-11-21(22)23/h7-8,11,13-15,18-20,24-26,28H,6,9-10,12,16-17H2,1-5H3,(H,37,44)(H,38,43)(H,39,42)/t18-,19-,20-,24?,26?,28+/m0/s1. The van der Waals surface area contributed by atoms with Crippen molar-refractivity contribution in [1.82, 2.24) is 25.8 Å². The summed E-state index contributed by atoms with van der Waals surface area (Å²) in [6, 6.07) is 4.54. The molecule has 45 heavy (non-hydrogen) atoms. The predicted molar refractivity (Wildman–Crippen MR) is 164 cm³/mol. The third-order valence-electron chi connectivity index (χ3n) is 8.98. The Labute approximate surface area is 262 Å². The number of pyridine rings is 1. The summed E-state index contributed by atoms with van der Waals surface area (Å²) in [5, 5.41) is 8.40. The van der Waals surface area contributed by atoms with Crippen molar-refractivity contribution in [3.05, 3.63) is 42.1 Å². The predicted octanol–water partition coefficient (Wildman–Crippen LogP) is 3.63. The topological polar surface area (TPSA) is 138 Å². The molecule has 1 saturated carbocycles. The summed E-state index contributed by atoms with van der Waals surface area (Å²) in [4.78, 5) is 72.9. The third-order valence-corrected chi connectivity index (χ3v) is 8.98. The van der Waals surface area contributed by atoms with Crippen molar-refractivity contribution in [2.75, 3.05) is 6.54 Å². The molecule has 1 aromatic heterocycles. The second-order valence-electron chi connectivity index (χ2n) is 13.3. The zero-order valence-corrected chi connectivity index (χ0v) is 26.4. The Kier molecular flexibility index (Phi) is 10.5. The first-order valence-corrected chi connectivity index (χ1v) is 15.6. The monoisotopic (exact) mass is 627 g/mol. The lowest BCUT2D eigenvalue weighted by Gasteiger charge is -2.36. The molecule has 0 spiro atoms. The van der Waals surface area contributed by atoms with Crippen LogP contribution < -0.4 is 16.0 Å². The number of para-hydroxylation sites is 1. The largest absolute Gasteiger partial charge is 0.347 e. The highest BCUT2D eigenvalue weighted by molar-refractivity contribution is 6.38. The number of fused-ring (bicyclic) bond motifs is 2. The van der Waals surface area contributed by atoms with Crippen molar-refractivity contribution in [2.45, 2.75) is 97.3 Å². The molecule has 1 aliphatic carbocycles. The number of likely N-dealkylation sites (tertiary alicyclic amines) is 1. The summed E-state index contributed by atoms with van der Waals surface area (Å²) in [7, 11) is 0. The minimum Gasteiger partial charge on any atom is -0.347 e. The fourth-order valence-electron chi connectivity index (χ4n) is 6.41. The average Bonchev–Trinajstić information content (AvgIpc) is 3.59. The van der Waals surface area contributed by atoms with Crippen LogP contribution in [0.5, 0.6) is 0 Å². The van der Waals surface area contributed by atoms with Crippen molar-refractivity contribution in [3.63, 3.8) is 0 Å². The van der Waals surface area contributed by atoms with Crippen LogP contribution in [0, 0.1) is 17.3 Å². The van der Waals surface area contributed by atoms with Crippen LogP contribution in [0.2, 0.25) is 0 Å². The Bertz CT molecular complexity index is 1440. The third kappa shape index (κ3) is 7.65. The van der Waals surface area contributed by atoms with Crippen LogP contribution in [0.25, 0.3) is 10.9 Å². The van der Waals surface area contributed by atoms with E-state index in [0.717, 1.165) is 12.8 Å². The number of nitrogens with zero attached hydrogens (tertiary/aromatic N) is 2. The Morgan fingerprint density at radius 3 is 2.40 bits per heavy atom. The van der Waals surface area contributed by atoms with Gasteiger partial charge in [0.2, 0.25) is 24.0 Å². The summed E-state index contributed by atoms with van der Waals surface area (Å²) >= 11 is 0. The number of amides is 4. The zero-order valence-electron chi connectivity index (χ0n) is 26.4. The van der Waals surface area contributed by atoms with E-state index in [2.05, 4.69) is 20.9 Å². The molecule has 0 bridgehead atoms. The number of Topliss-reactive ketones (excluding diaryl/α,β-unsaturated/α-hetero) is 1. The summed E-state index contributed by atoms with van der Waals surface area (Å²) in [5.41, 5.74) is 0.203. The number of carbonyl (C=O) groups is 5. The number of carbonyl (C=O) groups excluding carboxylic acids is 5. The first-order valence-electron chi connectivity index (χ1n) is 15.6. The number of rotatable bonds is 11. The second-order valence-corrected chi connectivity index (χ2v) is 13.3. The molecule has 1 aliphatic heterocycles. The Morgan fingerprint density at radius 1 is 1.02 bits per heavy atom. The van der Waals surface area contributed by atoms with Crippen LogP contribution in [0.4, 0.5) is 8.78 Å². The van der Waals surface area contributed by atoms with Gasteiger partial charge in [-0.15, -0.1) is 0 Å². The maximum Gasteiger partial charge on any atom is 0.289 e. The molecule has 2 heterocycles. The smallest absolute Gasteiger partial charge is 0.289 e. The molecule has 12 heteroatoms. The van der Waals surface area contributed by atoms with Gasteiger partial charge in [0.05, 0.1) is 11.1 Å². The number of nitrogens with one attached hydrogen (secondary N) is 3. The molecule has 3 N–H and O–H groups in total. The van der Waals surface area contributed by atoms with Crippen molar-refractivity contribution in [1.29, 1.82) is 0 Å². The molecular weight excluding hydrogens is 584 g/mol. The lowest BCUT2D eigenvalue weighted by molar-refractivity contribution is -0.145. The highest BCUT2D eigenvalue weighted by Gasteiger charge is 2.52. The van der Waals surface area contributed by atoms with E-state index < -0.39 is 65.8 Å². The van der Waals surface area contributed by atoms with Crippen LogP contribution in [-0.2, 0) is 19.2 Å². The van der Waals surface area contributed by atoms with Crippen LogP contribution in [0.3, 0.4) is 0 Å². The highest BCUT2D eigenvalue weighted by atomic mass is 19.3. The lowest BCUT2D eigenvalue weighted by Crippen LogP contribution is -2.60. The van der Waals surface area contributed by atoms with Gasteiger partial charge in [-0.25, -0.2) is 8.78 Å². The van der Waals surface area contributed by atoms with E-state index in [0.29, 0.717) is 29.3 Å². The summed E-state index contributed by atoms with van der Waals surface area (Å²) in [6.07, 6.45) is 0.319. The van der Waals surface area contributed by atoms with Crippen molar-refractivity contribution in [3.8, 4) is 0 Å². The van der Waals surface area contributed by atoms with Crippen LogP contribution in [-0.4, -0.2) is 76.4 Å². The summed E-state index contributed by atoms with van der Waals surface area (Å²) < 4.78 is 27.1. The zero-order chi connectivity index (χ0) is 33.1. The molecule has 1 aromatic carbocycles. The highest BCUT2D eigenvalue weighted by Crippen LogP contribution is 2.43. The van der Waals surface area contributed by atoms with Crippen LogP contribution >= 0.6 is 0 Å². The molecule has 2 fully saturated rings. The number of hydrogen-bond acceptors (Lipinski definition) is 6. The lowest BCUT2D eigenvalue weighted by atomic mass is 9.85. The molecule has 244 valence electrons. The Hall–Kier alpha value is -3.96. The number of alkyl halides is 2. The molecule has 0 radical (unpaired) electrons. The van der Waals surface area contributed by atoms with Gasteiger partial charge in [-0.3, -0.25) is 29.0 Å². The molecule has 2 aliphatic rings. The first kappa shape index (κ1) is 33.9. The fourth-order valence-corrected chi connectivity index (χ4v) is 6.41. The minimum atomic E-state index is -2.96. The molecule has 4 rings (SSSR count). The van der Waals surface area contributed by atoms with E-state index in [9.17, 15) is 32.8 Å². The average molecular weight is 628 g/mol. The molecular formula is C33H43F2N5O5. The Balaban J connectivity index is 1.60. The molecule has 2 aromatic rings. The van der Waals surface area contributed by atoms with Gasteiger partial charge in [0.25, 0.3) is 11.8 Å². The summed E-state index contributed by atoms with van der Waals surface area (Å²) in [6.45, 7) is 9.14. The molecule has 4 amide bonds. The SMILES string of the molecule is CC[C@H](C)NC(=O)C(=O)C(CC(F)F)NC(=O)C1[C@H]2CCC[C@H]2CN1C(=O)[C@@H](NC(=O)c1ccnc2ccccc12)C(C)(C)C. The van der Waals surface area contributed by atoms with Gasteiger partial charge in [-0.2, -0.15) is 0 Å². The minimum absolute atomic E-state index is 0.00288. The van der Waals surface area contributed by atoms with Crippen molar-refractivity contribution < 1.29 is 32.8 Å². The quantitative estimate of drug-likeness (QED) is 0.326. The van der Waals surface area contributed by atoms with E-state index in [-0.39, 0.29) is 24.4 Å². The van der Waals surface area contributed by atoms with E-state index in [1.165, 1.54) is 11.1 Å². The van der Waals surface area contributed by atoms with E-state index in [4.69, 9.17) is 0 Å². The van der Waals surface area contributed by atoms with Gasteiger partial charge < -0.3 is 20.9 Å². The normalized spacial score (nSPS) is 21.6. The van der Waals surface area contributed by atoms with Gasteiger partial charge in [0.1, 0.15) is 18.1 Å². The van der Waals surface area contributed by atoms with Gasteiger partial charge in [-0.05, 0) is 55.6 Å². The van der Waals surface area contributed by atoms with E-state index in [1.54, 1.807) is 58.9 Å². The van der Waals surface area contributed by atoms with Gasteiger partial charge in [-0.1, -0.05) is 52.3 Å². The number of benzene rings is 1. The molecule has 6 atom stereocenters. The van der Waals surface area contributed by atoms with Gasteiger partial charge in [0.15, 0.2) is 0 Å².